The minimum Gasteiger partial charge on any atom is -0.370 e. The van der Waals surface area contributed by atoms with Gasteiger partial charge in [-0.1, -0.05) is 61.5 Å². The van der Waals surface area contributed by atoms with Crippen molar-refractivity contribution < 1.29 is 0 Å². The zero-order valence-electron chi connectivity index (χ0n) is 12.4. The topological polar surface area (TPSA) is 41.6 Å². The Balaban J connectivity index is 1.88. The number of rotatable bonds is 4. The second-order valence-electron chi connectivity index (χ2n) is 5.38. The van der Waals surface area contributed by atoms with Crippen LogP contribution in [0.3, 0.4) is 0 Å². The summed E-state index contributed by atoms with van der Waals surface area (Å²) in [6, 6.07) is 19.3. The minimum atomic E-state index is 0.251. The van der Waals surface area contributed by atoms with Gasteiger partial charge in [-0.3, -0.25) is 4.99 Å². The summed E-state index contributed by atoms with van der Waals surface area (Å²) >= 11 is 0. The monoisotopic (exact) mass is 279 g/mol. The van der Waals surface area contributed by atoms with E-state index in [0.29, 0.717) is 5.96 Å². The van der Waals surface area contributed by atoms with Crippen molar-refractivity contribution in [2.75, 3.05) is 6.54 Å². The van der Waals surface area contributed by atoms with Crippen LogP contribution in [0.25, 0.3) is 0 Å². The van der Waals surface area contributed by atoms with Gasteiger partial charge >= 0.3 is 0 Å². The second-order valence-corrected chi connectivity index (χ2v) is 5.38. The normalized spacial score (nSPS) is 17.9. The number of nitrogens with two attached hydrogens (primary N) is 1. The Morgan fingerprint density at radius 2 is 1.81 bits per heavy atom. The molecule has 0 bridgehead atoms. The molecule has 108 valence electrons. The Morgan fingerprint density at radius 3 is 2.57 bits per heavy atom. The van der Waals surface area contributed by atoms with Crippen LogP contribution < -0.4 is 5.73 Å². The Morgan fingerprint density at radius 1 is 1.10 bits per heavy atom. The van der Waals surface area contributed by atoms with Crippen LogP contribution in [-0.2, 0) is 13.0 Å². The fraction of sp³-hybridized carbons (Fsp3) is 0.278. The van der Waals surface area contributed by atoms with E-state index in [2.05, 4.69) is 65.3 Å². The van der Waals surface area contributed by atoms with Crippen molar-refractivity contribution in [1.29, 1.82) is 0 Å². The van der Waals surface area contributed by atoms with E-state index in [1.165, 1.54) is 16.7 Å². The van der Waals surface area contributed by atoms with E-state index in [0.717, 1.165) is 19.5 Å². The third kappa shape index (κ3) is 2.77. The lowest BCUT2D eigenvalue weighted by Crippen LogP contribution is -2.35. The Labute approximate surface area is 126 Å². The summed E-state index contributed by atoms with van der Waals surface area (Å²) in [5.74, 6) is 0.648. The van der Waals surface area contributed by atoms with Gasteiger partial charge in [0.15, 0.2) is 5.96 Å². The first-order valence-corrected chi connectivity index (χ1v) is 7.48. The number of nitrogens with zero attached hydrogens (tertiary/aromatic N) is 2. The maximum atomic E-state index is 6.12. The quantitative estimate of drug-likeness (QED) is 0.934. The number of benzene rings is 2. The van der Waals surface area contributed by atoms with Crippen LogP contribution in [0, 0.1) is 0 Å². The molecule has 0 amide bonds. The molecule has 1 aliphatic heterocycles. The van der Waals surface area contributed by atoms with E-state index < -0.39 is 0 Å². The summed E-state index contributed by atoms with van der Waals surface area (Å²) in [6.45, 7) is 3.74. The lowest BCUT2D eigenvalue weighted by molar-refractivity contribution is 0.339. The van der Waals surface area contributed by atoms with Crippen molar-refractivity contribution >= 4 is 5.96 Å². The van der Waals surface area contributed by atoms with E-state index in [1.54, 1.807) is 0 Å². The van der Waals surface area contributed by atoms with Gasteiger partial charge in [-0.05, 0) is 23.1 Å². The highest BCUT2D eigenvalue weighted by Crippen LogP contribution is 2.29. The largest absolute Gasteiger partial charge is 0.370 e. The van der Waals surface area contributed by atoms with Crippen LogP contribution in [0.5, 0.6) is 0 Å². The van der Waals surface area contributed by atoms with E-state index in [1.807, 2.05) is 6.07 Å². The molecule has 2 aromatic rings. The number of hydrogen-bond donors (Lipinski definition) is 1. The van der Waals surface area contributed by atoms with Crippen molar-refractivity contribution in [2.24, 2.45) is 10.7 Å². The molecule has 0 aromatic heterocycles. The highest BCUT2D eigenvalue weighted by atomic mass is 15.3. The summed E-state index contributed by atoms with van der Waals surface area (Å²) < 4.78 is 0. The fourth-order valence-corrected chi connectivity index (χ4v) is 2.95. The highest BCUT2D eigenvalue weighted by Gasteiger charge is 2.28. The van der Waals surface area contributed by atoms with Crippen LogP contribution in [-0.4, -0.2) is 17.4 Å². The summed E-state index contributed by atoms with van der Waals surface area (Å²) in [5.41, 5.74) is 10.1. The maximum Gasteiger partial charge on any atom is 0.192 e. The van der Waals surface area contributed by atoms with Gasteiger partial charge in [0.05, 0.1) is 12.6 Å². The Bertz CT molecular complexity index is 634. The molecule has 1 atom stereocenters. The summed E-state index contributed by atoms with van der Waals surface area (Å²) in [4.78, 5) is 6.68. The molecule has 1 aliphatic rings. The standard InChI is InChI=1S/C18H21N3/c1-2-15-10-6-7-11-16(15)17-12-20-18(19)21(17)13-14-8-4-3-5-9-14/h3-11,17H,2,12-13H2,1H3,(H2,19,20). The zero-order chi connectivity index (χ0) is 14.7. The minimum absolute atomic E-state index is 0.251. The molecule has 0 fully saturated rings. The van der Waals surface area contributed by atoms with Gasteiger partial charge in [0.2, 0.25) is 0 Å². The molecular formula is C18H21N3. The van der Waals surface area contributed by atoms with Crippen molar-refractivity contribution in [3.05, 3.63) is 71.3 Å². The SMILES string of the molecule is CCc1ccccc1C1CN=C(N)N1Cc1ccccc1. The van der Waals surface area contributed by atoms with Crippen LogP contribution in [0.1, 0.15) is 29.7 Å². The molecule has 2 N–H and O–H groups in total. The van der Waals surface area contributed by atoms with E-state index >= 15 is 0 Å². The van der Waals surface area contributed by atoms with Crippen LogP contribution >= 0.6 is 0 Å². The van der Waals surface area contributed by atoms with Crippen LogP contribution in [0.4, 0.5) is 0 Å². The molecule has 3 heteroatoms. The maximum absolute atomic E-state index is 6.12. The molecule has 0 radical (unpaired) electrons. The fourth-order valence-electron chi connectivity index (χ4n) is 2.95. The number of aryl methyl sites for hydroxylation is 1. The van der Waals surface area contributed by atoms with Crippen molar-refractivity contribution in [3.8, 4) is 0 Å². The van der Waals surface area contributed by atoms with Gasteiger partial charge in [-0.15, -0.1) is 0 Å². The zero-order valence-corrected chi connectivity index (χ0v) is 12.4. The highest BCUT2D eigenvalue weighted by molar-refractivity contribution is 5.80. The van der Waals surface area contributed by atoms with Gasteiger partial charge in [-0.25, -0.2) is 0 Å². The van der Waals surface area contributed by atoms with Crippen molar-refractivity contribution in [2.45, 2.75) is 25.9 Å². The Hall–Kier alpha value is -2.29. The van der Waals surface area contributed by atoms with E-state index in [4.69, 9.17) is 5.73 Å². The van der Waals surface area contributed by atoms with Crippen LogP contribution in [0.2, 0.25) is 0 Å². The Kier molecular flexibility index (Phi) is 3.91. The first kappa shape index (κ1) is 13.7. The van der Waals surface area contributed by atoms with E-state index in [9.17, 15) is 0 Å². The molecule has 2 aromatic carbocycles. The van der Waals surface area contributed by atoms with Crippen molar-refractivity contribution in [1.82, 2.24) is 4.90 Å². The third-order valence-electron chi connectivity index (χ3n) is 4.09. The lowest BCUT2D eigenvalue weighted by Gasteiger charge is -2.28. The second kappa shape index (κ2) is 6.00. The predicted octanol–water partition coefficient (Wildman–Crippen LogP) is 3.12. The molecule has 1 unspecified atom stereocenters. The van der Waals surface area contributed by atoms with Gasteiger partial charge in [0.1, 0.15) is 0 Å². The average molecular weight is 279 g/mol. The number of hydrogen-bond acceptors (Lipinski definition) is 3. The molecule has 1 heterocycles. The first-order chi connectivity index (χ1) is 10.3. The van der Waals surface area contributed by atoms with Crippen molar-refractivity contribution in [3.63, 3.8) is 0 Å². The smallest absolute Gasteiger partial charge is 0.192 e. The van der Waals surface area contributed by atoms with Gasteiger partial charge in [0, 0.05) is 6.54 Å². The molecule has 3 rings (SSSR count). The number of guanidine groups is 1. The van der Waals surface area contributed by atoms with Crippen LogP contribution in [0.15, 0.2) is 59.6 Å². The summed E-state index contributed by atoms with van der Waals surface area (Å²) in [7, 11) is 0. The molecular weight excluding hydrogens is 258 g/mol. The van der Waals surface area contributed by atoms with Gasteiger partial charge < -0.3 is 10.6 Å². The summed E-state index contributed by atoms with van der Waals surface area (Å²) in [6.07, 6.45) is 1.03. The molecule has 0 saturated heterocycles. The third-order valence-corrected chi connectivity index (χ3v) is 4.09. The van der Waals surface area contributed by atoms with Gasteiger partial charge in [-0.2, -0.15) is 0 Å². The predicted molar refractivity (Wildman–Crippen MR) is 87.0 cm³/mol. The summed E-state index contributed by atoms with van der Waals surface area (Å²) in [5, 5.41) is 0. The van der Waals surface area contributed by atoms with E-state index in [-0.39, 0.29) is 6.04 Å². The molecule has 3 nitrogen and oxygen atoms in total. The van der Waals surface area contributed by atoms with Gasteiger partial charge in [0.25, 0.3) is 0 Å². The molecule has 0 saturated carbocycles. The molecule has 0 spiro atoms. The first-order valence-electron chi connectivity index (χ1n) is 7.48. The number of aliphatic imine (C=N–C) groups is 1. The lowest BCUT2D eigenvalue weighted by atomic mass is 9.97. The molecule has 21 heavy (non-hydrogen) atoms. The molecule has 0 aliphatic carbocycles. The average Bonchev–Trinajstić information content (AvgIpc) is 2.89.